The molecule has 2 aromatic carbocycles. The molecule has 0 saturated carbocycles. The second-order valence-corrected chi connectivity index (χ2v) is 4.03. The maximum atomic E-state index is 10.6. The minimum atomic E-state index is -0.490. The average molecular weight is 286 g/mol. The van der Waals surface area contributed by atoms with E-state index in [0.29, 0.717) is 11.3 Å². The lowest BCUT2D eigenvalue weighted by atomic mass is 10.2. The second-order valence-electron chi connectivity index (χ2n) is 4.03. The van der Waals surface area contributed by atoms with Crippen molar-refractivity contribution in [2.75, 3.05) is 5.43 Å². The number of hydrogen-bond donors (Lipinski definition) is 1. The molecule has 0 fully saturated rings. The SMILES string of the molecule is O=[N+]([O-])c1ccc(N/N=C/c2cccc([N+](=O)[O-])c2)cc1. The summed E-state index contributed by atoms with van der Waals surface area (Å²) in [4.78, 5) is 20.1. The topological polar surface area (TPSA) is 111 Å². The number of nitro groups is 2. The molecule has 0 amide bonds. The average Bonchev–Trinajstić information content (AvgIpc) is 2.48. The highest BCUT2D eigenvalue weighted by atomic mass is 16.6. The van der Waals surface area contributed by atoms with Crippen molar-refractivity contribution >= 4 is 23.3 Å². The second kappa shape index (κ2) is 6.24. The van der Waals surface area contributed by atoms with E-state index in [0.717, 1.165) is 0 Å². The van der Waals surface area contributed by atoms with E-state index < -0.39 is 9.85 Å². The molecule has 0 aromatic heterocycles. The van der Waals surface area contributed by atoms with Crippen LogP contribution in [-0.2, 0) is 0 Å². The molecule has 0 atom stereocenters. The van der Waals surface area contributed by atoms with Gasteiger partial charge in [0.2, 0.25) is 0 Å². The smallest absolute Gasteiger partial charge is 0.270 e. The van der Waals surface area contributed by atoms with Crippen LogP contribution in [0.2, 0.25) is 0 Å². The van der Waals surface area contributed by atoms with Gasteiger partial charge in [-0.1, -0.05) is 12.1 Å². The normalized spacial score (nSPS) is 10.5. The molecular weight excluding hydrogens is 276 g/mol. The molecule has 1 N–H and O–H groups in total. The Balaban J connectivity index is 2.03. The van der Waals surface area contributed by atoms with E-state index in [2.05, 4.69) is 10.5 Å². The highest BCUT2D eigenvalue weighted by Crippen LogP contribution is 2.15. The molecule has 0 unspecified atom stereocenters. The van der Waals surface area contributed by atoms with Gasteiger partial charge >= 0.3 is 0 Å². The van der Waals surface area contributed by atoms with Crippen LogP contribution >= 0.6 is 0 Å². The third-order valence-corrected chi connectivity index (χ3v) is 2.57. The Bertz CT molecular complexity index is 698. The number of hydrogen-bond acceptors (Lipinski definition) is 6. The molecule has 0 aliphatic rings. The molecule has 0 aliphatic heterocycles. The summed E-state index contributed by atoms with van der Waals surface area (Å²) in [5.74, 6) is 0. The van der Waals surface area contributed by atoms with Crippen molar-refractivity contribution < 1.29 is 9.85 Å². The molecule has 0 aliphatic carbocycles. The molecule has 0 spiro atoms. The molecule has 0 radical (unpaired) electrons. The summed E-state index contributed by atoms with van der Waals surface area (Å²) in [5, 5.41) is 25.0. The maximum absolute atomic E-state index is 10.6. The van der Waals surface area contributed by atoms with Crippen LogP contribution in [0.1, 0.15) is 5.56 Å². The third kappa shape index (κ3) is 3.83. The fraction of sp³-hybridized carbons (Fsp3) is 0. The number of nitro benzene ring substituents is 2. The fourth-order valence-corrected chi connectivity index (χ4v) is 1.56. The lowest BCUT2D eigenvalue weighted by molar-refractivity contribution is -0.385. The van der Waals surface area contributed by atoms with Crippen molar-refractivity contribution in [1.29, 1.82) is 0 Å². The summed E-state index contributed by atoms with van der Waals surface area (Å²) in [5.41, 5.74) is 3.79. The number of hydrazone groups is 1. The van der Waals surface area contributed by atoms with E-state index in [4.69, 9.17) is 0 Å². The van der Waals surface area contributed by atoms with Crippen molar-refractivity contribution in [3.63, 3.8) is 0 Å². The lowest BCUT2D eigenvalue weighted by Crippen LogP contribution is -1.93. The minimum Gasteiger partial charge on any atom is -0.278 e. The van der Waals surface area contributed by atoms with Gasteiger partial charge in [0.15, 0.2) is 0 Å². The van der Waals surface area contributed by atoms with E-state index in [1.165, 1.54) is 42.6 Å². The highest BCUT2D eigenvalue weighted by Gasteiger charge is 2.04. The zero-order valence-electron chi connectivity index (χ0n) is 10.7. The summed E-state index contributed by atoms with van der Waals surface area (Å²) >= 11 is 0. The number of anilines is 1. The van der Waals surface area contributed by atoms with Crippen LogP contribution in [-0.4, -0.2) is 16.1 Å². The predicted molar refractivity (Wildman–Crippen MR) is 77.4 cm³/mol. The maximum Gasteiger partial charge on any atom is 0.270 e. The van der Waals surface area contributed by atoms with Crippen LogP contribution in [0.15, 0.2) is 53.6 Å². The Morgan fingerprint density at radius 1 is 0.952 bits per heavy atom. The molecule has 2 rings (SSSR count). The van der Waals surface area contributed by atoms with Gasteiger partial charge < -0.3 is 0 Å². The molecular formula is C13H10N4O4. The molecule has 21 heavy (non-hydrogen) atoms. The molecule has 0 saturated heterocycles. The Kier molecular flexibility index (Phi) is 4.20. The van der Waals surface area contributed by atoms with E-state index in [9.17, 15) is 20.2 Å². The van der Waals surface area contributed by atoms with E-state index >= 15 is 0 Å². The van der Waals surface area contributed by atoms with E-state index in [1.807, 2.05) is 0 Å². The van der Waals surface area contributed by atoms with Crippen molar-refractivity contribution in [2.24, 2.45) is 5.10 Å². The minimum absolute atomic E-state index is 0.0109. The van der Waals surface area contributed by atoms with Crippen molar-refractivity contribution in [1.82, 2.24) is 0 Å². The van der Waals surface area contributed by atoms with Gasteiger partial charge in [-0.05, 0) is 12.1 Å². The summed E-state index contributed by atoms with van der Waals surface area (Å²) in [6, 6.07) is 11.8. The van der Waals surface area contributed by atoms with Gasteiger partial charge in [-0.3, -0.25) is 25.7 Å². The Hall–Kier alpha value is -3.29. The Labute approximate surface area is 119 Å². The largest absolute Gasteiger partial charge is 0.278 e. The fourth-order valence-electron chi connectivity index (χ4n) is 1.56. The zero-order valence-corrected chi connectivity index (χ0v) is 10.7. The van der Waals surface area contributed by atoms with Gasteiger partial charge in [-0.2, -0.15) is 5.10 Å². The van der Waals surface area contributed by atoms with E-state index in [-0.39, 0.29) is 11.4 Å². The van der Waals surface area contributed by atoms with Gasteiger partial charge in [0.1, 0.15) is 0 Å². The molecule has 2 aromatic rings. The number of nitrogens with one attached hydrogen (secondary N) is 1. The first kappa shape index (κ1) is 14.1. The van der Waals surface area contributed by atoms with Crippen molar-refractivity contribution in [3.05, 3.63) is 74.3 Å². The lowest BCUT2D eigenvalue weighted by Gasteiger charge is -1.99. The van der Waals surface area contributed by atoms with Crippen LogP contribution in [0, 0.1) is 20.2 Å². The first-order valence-corrected chi connectivity index (χ1v) is 5.84. The number of nitrogens with zero attached hydrogens (tertiary/aromatic N) is 3. The molecule has 106 valence electrons. The van der Waals surface area contributed by atoms with Crippen LogP contribution in [0.4, 0.5) is 17.1 Å². The molecule has 0 heterocycles. The third-order valence-electron chi connectivity index (χ3n) is 2.57. The van der Waals surface area contributed by atoms with Crippen LogP contribution in [0.5, 0.6) is 0 Å². The number of rotatable bonds is 5. The van der Waals surface area contributed by atoms with Crippen molar-refractivity contribution in [3.8, 4) is 0 Å². The summed E-state index contributed by atoms with van der Waals surface area (Å²) in [6.07, 6.45) is 1.43. The van der Waals surface area contributed by atoms with Gasteiger partial charge in [0.05, 0.1) is 21.7 Å². The van der Waals surface area contributed by atoms with Gasteiger partial charge in [-0.15, -0.1) is 0 Å². The van der Waals surface area contributed by atoms with Crippen LogP contribution in [0.3, 0.4) is 0 Å². The summed E-state index contributed by atoms with van der Waals surface area (Å²) in [6.45, 7) is 0. The van der Waals surface area contributed by atoms with Crippen molar-refractivity contribution in [2.45, 2.75) is 0 Å². The highest BCUT2D eigenvalue weighted by molar-refractivity contribution is 5.81. The first-order chi connectivity index (χ1) is 10.1. The standard InChI is InChI=1S/C13H10N4O4/c18-16(19)12-6-4-11(5-7-12)15-14-9-10-2-1-3-13(8-10)17(20)21/h1-9,15H/b14-9+. The van der Waals surface area contributed by atoms with Crippen LogP contribution in [0.25, 0.3) is 0 Å². The van der Waals surface area contributed by atoms with Crippen LogP contribution < -0.4 is 5.43 Å². The first-order valence-electron chi connectivity index (χ1n) is 5.84. The molecule has 0 bridgehead atoms. The number of non-ortho nitro benzene ring substituents is 2. The quantitative estimate of drug-likeness (QED) is 0.516. The van der Waals surface area contributed by atoms with Gasteiger partial charge in [0, 0.05) is 29.8 Å². The van der Waals surface area contributed by atoms with Gasteiger partial charge in [0.25, 0.3) is 11.4 Å². The zero-order chi connectivity index (χ0) is 15.2. The monoisotopic (exact) mass is 286 g/mol. The molecule has 8 nitrogen and oxygen atoms in total. The Morgan fingerprint density at radius 3 is 2.24 bits per heavy atom. The Morgan fingerprint density at radius 2 is 1.62 bits per heavy atom. The predicted octanol–water partition coefficient (Wildman–Crippen LogP) is 2.95. The summed E-state index contributed by atoms with van der Waals surface area (Å²) < 4.78 is 0. The molecule has 8 heteroatoms. The summed E-state index contributed by atoms with van der Waals surface area (Å²) in [7, 11) is 0. The number of benzene rings is 2. The van der Waals surface area contributed by atoms with E-state index in [1.54, 1.807) is 12.1 Å². The van der Waals surface area contributed by atoms with Gasteiger partial charge in [-0.25, -0.2) is 0 Å².